The predicted molar refractivity (Wildman–Crippen MR) is 91.5 cm³/mol. The number of nitrogens with zero attached hydrogens (tertiary/aromatic N) is 2. The smallest absolute Gasteiger partial charge is 0.269 e. The molecule has 0 fully saturated rings. The standard InChI is InChI=1S/C18H19N3O2/c19-11-3-4-15-13-20(18-6-2-1-5-17(15)18)12-14-7-9-16(10-8-14)21(22)23/h1-2,5-10,13H,3-4,11-12,19H2. The van der Waals surface area contributed by atoms with Crippen molar-refractivity contribution in [2.75, 3.05) is 6.54 Å². The van der Waals surface area contributed by atoms with E-state index in [0.29, 0.717) is 13.1 Å². The van der Waals surface area contributed by atoms with Crippen LogP contribution in [0.4, 0.5) is 5.69 Å². The third kappa shape index (κ3) is 3.24. The first-order valence-corrected chi connectivity index (χ1v) is 7.69. The molecule has 0 unspecified atom stereocenters. The van der Waals surface area contributed by atoms with Gasteiger partial charge in [-0.05, 0) is 36.6 Å². The first-order valence-electron chi connectivity index (χ1n) is 7.69. The van der Waals surface area contributed by atoms with Crippen LogP contribution in [-0.2, 0) is 13.0 Å². The molecule has 5 nitrogen and oxygen atoms in total. The SMILES string of the molecule is NCCCc1cn(Cc2ccc([N+](=O)[O-])cc2)c2ccccc12. The van der Waals surface area contributed by atoms with Gasteiger partial charge in [-0.15, -0.1) is 0 Å². The molecule has 1 aromatic heterocycles. The number of aromatic nitrogens is 1. The predicted octanol–water partition coefficient (Wildman–Crippen LogP) is 3.49. The highest BCUT2D eigenvalue weighted by molar-refractivity contribution is 5.84. The van der Waals surface area contributed by atoms with E-state index in [9.17, 15) is 10.1 Å². The van der Waals surface area contributed by atoms with E-state index in [1.165, 1.54) is 16.5 Å². The Kier molecular flexibility index (Phi) is 4.39. The van der Waals surface area contributed by atoms with Gasteiger partial charge in [0.25, 0.3) is 5.69 Å². The molecule has 0 radical (unpaired) electrons. The van der Waals surface area contributed by atoms with Crippen molar-refractivity contribution in [2.45, 2.75) is 19.4 Å². The van der Waals surface area contributed by atoms with Gasteiger partial charge in [-0.1, -0.05) is 30.3 Å². The van der Waals surface area contributed by atoms with Crippen LogP contribution < -0.4 is 5.73 Å². The fourth-order valence-electron chi connectivity index (χ4n) is 2.87. The molecule has 3 rings (SSSR count). The van der Waals surface area contributed by atoms with Crippen LogP contribution in [0, 0.1) is 10.1 Å². The highest BCUT2D eigenvalue weighted by Crippen LogP contribution is 2.24. The van der Waals surface area contributed by atoms with Crippen molar-refractivity contribution in [3.05, 3.63) is 76.0 Å². The molecule has 5 heteroatoms. The minimum Gasteiger partial charge on any atom is -0.343 e. The summed E-state index contributed by atoms with van der Waals surface area (Å²) in [5, 5.41) is 12.0. The first kappa shape index (κ1) is 15.2. The summed E-state index contributed by atoms with van der Waals surface area (Å²) < 4.78 is 2.20. The van der Waals surface area contributed by atoms with Gasteiger partial charge in [0.15, 0.2) is 0 Å². The summed E-state index contributed by atoms with van der Waals surface area (Å²) in [5.41, 5.74) is 9.27. The number of non-ortho nitro benzene ring substituents is 1. The van der Waals surface area contributed by atoms with Gasteiger partial charge in [-0.2, -0.15) is 0 Å². The molecule has 0 spiro atoms. The molecule has 0 atom stereocenters. The van der Waals surface area contributed by atoms with E-state index < -0.39 is 0 Å². The van der Waals surface area contributed by atoms with Crippen LogP contribution in [0.2, 0.25) is 0 Å². The summed E-state index contributed by atoms with van der Waals surface area (Å²) >= 11 is 0. The Balaban J connectivity index is 1.91. The highest BCUT2D eigenvalue weighted by atomic mass is 16.6. The molecule has 0 bridgehead atoms. The number of aryl methyl sites for hydroxylation is 1. The lowest BCUT2D eigenvalue weighted by atomic mass is 10.1. The zero-order valence-corrected chi connectivity index (χ0v) is 12.8. The summed E-state index contributed by atoms with van der Waals surface area (Å²) in [7, 11) is 0. The largest absolute Gasteiger partial charge is 0.343 e. The molecular weight excluding hydrogens is 290 g/mol. The maximum atomic E-state index is 10.7. The Morgan fingerprint density at radius 1 is 1.09 bits per heavy atom. The van der Waals surface area contributed by atoms with Crippen LogP contribution in [0.5, 0.6) is 0 Å². The van der Waals surface area contributed by atoms with E-state index in [0.717, 1.165) is 18.4 Å². The number of nitro benzene ring substituents is 1. The molecule has 0 aliphatic heterocycles. The van der Waals surface area contributed by atoms with E-state index in [4.69, 9.17) is 5.73 Å². The van der Waals surface area contributed by atoms with Crippen LogP contribution in [0.25, 0.3) is 10.9 Å². The lowest BCUT2D eigenvalue weighted by molar-refractivity contribution is -0.384. The average Bonchev–Trinajstić information content (AvgIpc) is 2.91. The molecule has 2 aromatic carbocycles. The lowest BCUT2D eigenvalue weighted by Gasteiger charge is -2.05. The van der Waals surface area contributed by atoms with Crippen molar-refractivity contribution in [1.82, 2.24) is 4.57 Å². The normalized spacial score (nSPS) is 11.0. The molecule has 23 heavy (non-hydrogen) atoms. The van der Waals surface area contributed by atoms with Gasteiger partial charge in [0.1, 0.15) is 0 Å². The molecule has 3 aromatic rings. The number of fused-ring (bicyclic) bond motifs is 1. The van der Waals surface area contributed by atoms with Crippen molar-refractivity contribution in [2.24, 2.45) is 5.73 Å². The summed E-state index contributed by atoms with van der Waals surface area (Å²) in [6, 6.07) is 15.0. The topological polar surface area (TPSA) is 74.1 Å². The maximum absolute atomic E-state index is 10.7. The van der Waals surface area contributed by atoms with Crippen LogP contribution in [-0.4, -0.2) is 16.0 Å². The Labute approximate surface area is 134 Å². The van der Waals surface area contributed by atoms with Gasteiger partial charge in [0.2, 0.25) is 0 Å². The van der Waals surface area contributed by atoms with Crippen LogP contribution in [0.1, 0.15) is 17.5 Å². The maximum Gasteiger partial charge on any atom is 0.269 e. The molecule has 1 heterocycles. The van der Waals surface area contributed by atoms with Gasteiger partial charge in [-0.3, -0.25) is 10.1 Å². The molecule has 0 saturated heterocycles. The molecular formula is C18H19N3O2. The van der Waals surface area contributed by atoms with Gasteiger partial charge < -0.3 is 10.3 Å². The Bertz CT molecular complexity index is 822. The Morgan fingerprint density at radius 3 is 2.52 bits per heavy atom. The number of nitro groups is 1. The van der Waals surface area contributed by atoms with Crippen molar-refractivity contribution in [3.63, 3.8) is 0 Å². The highest BCUT2D eigenvalue weighted by Gasteiger charge is 2.09. The first-order chi connectivity index (χ1) is 11.2. The van der Waals surface area contributed by atoms with Crippen LogP contribution in [0.15, 0.2) is 54.7 Å². The minimum absolute atomic E-state index is 0.120. The summed E-state index contributed by atoms with van der Waals surface area (Å²) in [6.45, 7) is 1.38. The fourth-order valence-corrected chi connectivity index (χ4v) is 2.87. The number of benzene rings is 2. The quantitative estimate of drug-likeness (QED) is 0.559. The molecule has 0 aliphatic carbocycles. The molecule has 0 aliphatic rings. The van der Waals surface area contributed by atoms with Crippen molar-refractivity contribution in [1.29, 1.82) is 0 Å². The van der Waals surface area contributed by atoms with Crippen molar-refractivity contribution in [3.8, 4) is 0 Å². The summed E-state index contributed by atoms with van der Waals surface area (Å²) in [4.78, 5) is 10.4. The van der Waals surface area contributed by atoms with Gasteiger partial charge in [0.05, 0.1) is 4.92 Å². The zero-order valence-electron chi connectivity index (χ0n) is 12.8. The van der Waals surface area contributed by atoms with E-state index in [1.54, 1.807) is 12.1 Å². The molecule has 0 amide bonds. The fraction of sp³-hybridized carbons (Fsp3) is 0.222. The average molecular weight is 309 g/mol. The molecule has 0 saturated carbocycles. The molecule has 2 N–H and O–H groups in total. The van der Waals surface area contributed by atoms with E-state index in [-0.39, 0.29) is 10.6 Å². The van der Waals surface area contributed by atoms with Crippen LogP contribution in [0.3, 0.4) is 0 Å². The summed E-state index contributed by atoms with van der Waals surface area (Å²) in [5.74, 6) is 0. The summed E-state index contributed by atoms with van der Waals surface area (Å²) in [6.07, 6.45) is 4.09. The van der Waals surface area contributed by atoms with E-state index >= 15 is 0 Å². The van der Waals surface area contributed by atoms with Gasteiger partial charge in [0, 0.05) is 35.8 Å². The lowest BCUT2D eigenvalue weighted by Crippen LogP contribution is -2.00. The second kappa shape index (κ2) is 6.62. The van der Waals surface area contributed by atoms with E-state index in [1.807, 2.05) is 24.3 Å². The van der Waals surface area contributed by atoms with Crippen molar-refractivity contribution >= 4 is 16.6 Å². The number of rotatable bonds is 6. The van der Waals surface area contributed by atoms with Crippen molar-refractivity contribution < 1.29 is 4.92 Å². The molecule has 118 valence electrons. The monoisotopic (exact) mass is 309 g/mol. The zero-order chi connectivity index (χ0) is 16.2. The second-order valence-corrected chi connectivity index (χ2v) is 5.62. The number of hydrogen-bond donors (Lipinski definition) is 1. The van der Waals surface area contributed by atoms with Gasteiger partial charge in [-0.25, -0.2) is 0 Å². The Hall–Kier alpha value is -2.66. The third-order valence-electron chi connectivity index (χ3n) is 4.02. The van der Waals surface area contributed by atoms with Gasteiger partial charge >= 0.3 is 0 Å². The number of hydrogen-bond acceptors (Lipinski definition) is 3. The number of nitrogens with two attached hydrogens (primary N) is 1. The van der Waals surface area contributed by atoms with Crippen LogP contribution >= 0.6 is 0 Å². The third-order valence-corrected chi connectivity index (χ3v) is 4.02. The second-order valence-electron chi connectivity index (χ2n) is 5.62. The number of para-hydroxylation sites is 1. The minimum atomic E-state index is -0.375. The van der Waals surface area contributed by atoms with E-state index in [2.05, 4.69) is 22.9 Å². The Morgan fingerprint density at radius 2 is 1.83 bits per heavy atom.